The smallest absolute Gasteiger partial charge is 0.116 e. The van der Waals surface area contributed by atoms with Crippen LogP contribution in [-0.2, 0) is 6.54 Å². The van der Waals surface area contributed by atoms with Gasteiger partial charge in [0.05, 0.1) is 6.20 Å². The first-order valence-electron chi connectivity index (χ1n) is 6.39. The van der Waals surface area contributed by atoms with Gasteiger partial charge in [-0.2, -0.15) is 0 Å². The van der Waals surface area contributed by atoms with Gasteiger partial charge in [-0.25, -0.2) is 0 Å². The zero-order valence-electron chi connectivity index (χ0n) is 10.7. The SMILES string of the molecule is CCCn1cc(-c2ccc3ccc(O)cc3c2)nn1. The van der Waals surface area contributed by atoms with E-state index in [9.17, 15) is 5.11 Å². The van der Waals surface area contributed by atoms with Gasteiger partial charge in [0, 0.05) is 12.1 Å². The van der Waals surface area contributed by atoms with E-state index in [2.05, 4.69) is 17.2 Å². The predicted octanol–water partition coefficient (Wildman–Crippen LogP) is 3.21. The van der Waals surface area contributed by atoms with Gasteiger partial charge in [-0.15, -0.1) is 5.10 Å². The number of hydrogen-bond donors (Lipinski definition) is 1. The molecule has 0 saturated carbocycles. The molecule has 0 radical (unpaired) electrons. The van der Waals surface area contributed by atoms with Crippen LogP contribution in [0.25, 0.3) is 22.0 Å². The number of benzene rings is 2. The maximum atomic E-state index is 9.53. The molecule has 0 fully saturated rings. The van der Waals surface area contributed by atoms with Crippen molar-refractivity contribution in [3.8, 4) is 17.0 Å². The summed E-state index contributed by atoms with van der Waals surface area (Å²) in [5.41, 5.74) is 1.87. The van der Waals surface area contributed by atoms with Crippen LogP contribution in [0.3, 0.4) is 0 Å². The monoisotopic (exact) mass is 253 g/mol. The predicted molar refractivity (Wildman–Crippen MR) is 74.9 cm³/mol. The normalized spacial score (nSPS) is 11.0. The number of aromatic hydroxyl groups is 1. The summed E-state index contributed by atoms with van der Waals surface area (Å²) in [6, 6.07) is 11.4. The summed E-state index contributed by atoms with van der Waals surface area (Å²) in [6.45, 7) is 2.99. The van der Waals surface area contributed by atoms with Crippen molar-refractivity contribution in [2.24, 2.45) is 0 Å². The molecule has 1 heterocycles. The zero-order valence-corrected chi connectivity index (χ0v) is 10.7. The molecule has 0 saturated heterocycles. The third kappa shape index (κ3) is 2.29. The fourth-order valence-corrected chi connectivity index (χ4v) is 2.16. The van der Waals surface area contributed by atoms with Crippen molar-refractivity contribution in [3.05, 3.63) is 42.6 Å². The molecule has 0 aliphatic carbocycles. The molecule has 0 aliphatic rings. The van der Waals surface area contributed by atoms with Crippen LogP contribution >= 0.6 is 0 Å². The third-order valence-electron chi connectivity index (χ3n) is 3.11. The lowest BCUT2D eigenvalue weighted by Gasteiger charge is -2.01. The molecule has 1 N–H and O–H groups in total. The second kappa shape index (κ2) is 4.72. The molecule has 0 spiro atoms. The van der Waals surface area contributed by atoms with Gasteiger partial charge in [0.2, 0.25) is 0 Å². The Hall–Kier alpha value is -2.36. The highest BCUT2D eigenvalue weighted by molar-refractivity contribution is 5.87. The maximum absolute atomic E-state index is 9.53. The van der Waals surface area contributed by atoms with Gasteiger partial charge in [-0.1, -0.05) is 30.3 Å². The highest BCUT2D eigenvalue weighted by Gasteiger charge is 2.05. The average molecular weight is 253 g/mol. The van der Waals surface area contributed by atoms with Crippen molar-refractivity contribution >= 4 is 10.8 Å². The maximum Gasteiger partial charge on any atom is 0.116 e. The molecule has 0 aliphatic heterocycles. The highest BCUT2D eigenvalue weighted by atomic mass is 16.3. The van der Waals surface area contributed by atoms with E-state index < -0.39 is 0 Å². The fraction of sp³-hybridized carbons (Fsp3) is 0.200. The molecule has 0 atom stereocenters. The number of aromatic nitrogens is 3. The fourth-order valence-electron chi connectivity index (χ4n) is 2.16. The summed E-state index contributed by atoms with van der Waals surface area (Å²) in [4.78, 5) is 0. The van der Waals surface area contributed by atoms with Crippen LogP contribution in [-0.4, -0.2) is 20.1 Å². The van der Waals surface area contributed by atoms with Crippen molar-refractivity contribution in [1.82, 2.24) is 15.0 Å². The Morgan fingerprint density at radius 1 is 1.11 bits per heavy atom. The second-order valence-corrected chi connectivity index (χ2v) is 4.61. The van der Waals surface area contributed by atoms with E-state index in [0.717, 1.165) is 35.0 Å². The number of fused-ring (bicyclic) bond motifs is 1. The van der Waals surface area contributed by atoms with Crippen LogP contribution in [0.4, 0.5) is 0 Å². The zero-order chi connectivity index (χ0) is 13.2. The topological polar surface area (TPSA) is 50.9 Å². The summed E-state index contributed by atoms with van der Waals surface area (Å²) in [5.74, 6) is 0.277. The number of phenols is 1. The Morgan fingerprint density at radius 2 is 1.95 bits per heavy atom. The minimum atomic E-state index is 0.277. The molecule has 3 rings (SSSR count). The molecule has 1 aromatic heterocycles. The van der Waals surface area contributed by atoms with Gasteiger partial charge < -0.3 is 5.11 Å². The van der Waals surface area contributed by atoms with Crippen LogP contribution in [0, 0.1) is 0 Å². The standard InChI is InChI=1S/C15H15N3O/c1-2-7-18-10-15(16-17-18)12-4-3-11-5-6-14(19)9-13(11)8-12/h3-6,8-10,19H,2,7H2,1H3. The van der Waals surface area contributed by atoms with Crippen molar-refractivity contribution in [2.45, 2.75) is 19.9 Å². The second-order valence-electron chi connectivity index (χ2n) is 4.61. The van der Waals surface area contributed by atoms with E-state index in [0.29, 0.717) is 0 Å². The molecule has 19 heavy (non-hydrogen) atoms. The van der Waals surface area contributed by atoms with Gasteiger partial charge in [-0.05, 0) is 35.4 Å². The molecular weight excluding hydrogens is 238 g/mol. The minimum Gasteiger partial charge on any atom is -0.508 e. The van der Waals surface area contributed by atoms with Crippen LogP contribution < -0.4 is 0 Å². The van der Waals surface area contributed by atoms with Gasteiger partial charge in [-0.3, -0.25) is 4.68 Å². The summed E-state index contributed by atoms with van der Waals surface area (Å²) < 4.78 is 1.85. The van der Waals surface area contributed by atoms with E-state index in [1.807, 2.05) is 35.1 Å². The Labute approximate surface area is 111 Å². The molecule has 0 unspecified atom stereocenters. The number of rotatable bonds is 3. The molecule has 96 valence electrons. The van der Waals surface area contributed by atoms with Gasteiger partial charge in [0.1, 0.15) is 11.4 Å². The summed E-state index contributed by atoms with van der Waals surface area (Å²) in [6.07, 6.45) is 2.99. The lowest BCUT2D eigenvalue weighted by Crippen LogP contribution is -1.96. The van der Waals surface area contributed by atoms with E-state index in [4.69, 9.17) is 0 Å². The van der Waals surface area contributed by atoms with E-state index >= 15 is 0 Å². The molecule has 0 bridgehead atoms. The lowest BCUT2D eigenvalue weighted by molar-refractivity contribution is 0.476. The van der Waals surface area contributed by atoms with E-state index in [1.165, 1.54) is 0 Å². The molecule has 2 aromatic carbocycles. The van der Waals surface area contributed by atoms with Crippen LogP contribution in [0.2, 0.25) is 0 Å². The van der Waals surface area contributed by atoms with Crippen molar-refractivity contribution < 1.29 is 5.11 Å². The van der Waals surface area contributed by atoms with Crippen molar-refractivity contribution in [1.29, 1.82) is 0 Å². The molecule has 4 heteroatoms. The first-order chi connectivity index (χ1) is 9.26. The number of phenolic OH excluding ortho intramolecular Hbond substituents is 1. The van der Waals surface area contributed by atoms with Gasteiger partial charge in [0.25, 0.3) is 0 Å². The van der Waals surface area contributed by atoms with Gasteiger partial charge >= 0.3 is 0 Å². The summed E-state index contributed by atoms with van der Waals surface area (Å²) in [7, 11) is 0. The average Bonchev–Trinajstić information content (AvgIpc) is 2.87. The number of hydrogen-bond acceptors (Lipinski definition) is 3. The molecular formula is C15H15N3O. The Morgan fingerprint density at radius 3 is 2.79 bits per heavy atom. The largest absolute Gasteiger partial charge is 0.508 e. The Bertz CT molecular complexity index is 718. The number of aryl methyl sites for hydroxylation is 1. The minimum absolute atomic E-state index is 0.277. The van der Waals surface area contributed by atoms with Crippen LogP contribution in [0.1, 0.15) is 13.3 Å². The van der Waals surface area contributed by atoms with Crippen molar-refractivity contribution in [2.75, 3.05) is 0 Å². The van der Waals surface area contributed by atoms with Gasteiger partial charge in [0.15, 0.2) is 0 Å². The molecule has 3 aromatic rings. The summed E-state index contributed by atoms with van der Waals surface area (Å²) >= 11 is 0. The third-order valence-corrected chi connectivity index (χ3v) is 3.11. The quantitative estimate of drug-likeness (QED) is 0.779. The van der Waals surface area contributed by atoms with E-state index in [-0.39, 0.29) is 5.75 Å². The number of nitrogens with zero attached hydrogens (tertiary/aromatic N) is 3. The molecule has 4 nitrogen and oxygen atoms in total. The Balaban J connectivity index is 2.03. The van der Waals surface area contributed by atoms with Crippen LogP contribution in [0.5, 0.6) is 5.75 Å². The summed E-state index contributed by atoms with van der Waals surface area (Å²) in [5, 5.41) is 19.9. The first-order valence-corrected chi connectivity index (χ1v) is 6.39. The highest BCUT2D eigenvalue weighted by Crippen LogP contribution is 2.25. The van der Waals surface area contributed by atoms with Crippen LogP contribution in [0.15, 0.2) is 42.6 Å². The Kier molecular flexibility index (Phi) is 2.91. The van der Waals surface area contributed by atoms with Crippen molar-refractivity contribution in [3.63, 3.8) is 0 Å². The lowest BCUT2D eigenvalue weighted by atomic mass is 10.1. The molecule has 0 amide bonds. The van der Waals surface area contributed by atoms with E-state index in [1.54, 1.807) is 12.1 Å². The first kappa shape index (κ1) is 11.7.